The Morgan fingerprint density at radius 2 is 1.93 bits per heavy atom. The second-order valence-electron chi connectivity index (χ2n) is 3.85. The minimum atomic E-state index is -0.192. The maximum Gasteiger partial charge on any atom is 0.163 e. The van der Waals surface area contributed by atoms with Gasteiger partial charge in [0.1, 0.15) is 5.82 Å². The van der Waals surface area contributed by atoms with Gasteiger partial charge in [-0.3, -0.25) is 4.79 Å². The summed E-state index contributed by atoms with van der Waals surface area (Å²) in [5, 5.41) is 1.77. The van der Waals surface area contributed by atoms with E-state index in [0.717, 1.165) is 10.8 Å². The van der Waals surface area contributed by atoms with Crippen LogP contribution in [-0.4, -0.2) is 5.78 Å². The van der Waals surface area contributed by atoms with Gasteiger partial charge in [0.2, 0.25) is 0 Å². The number of rotatable bonds is 0. The number of hydrogen-bond donors (Lipinski definition) is 0. The number of carbonyl (C=O) groups is 1. The van der Waals surface area contributed by atoms with Gasteiger partial charge in [-0.05, 0) is 28.8 Å². The zero-order valence-corrected chi connectivity index (χ0v) is 8.09. The van der Waals surface area contributed by atoms with Crippen LogP contribution >= 0.6 is 0 Å². The number of Topliss-reactive ketones (excluding diaryl/α,β-unsaturated/α-hetero) is 1. The van der Waals surface area contributed by atoms with Gasteiger partial charge in [-0.1, -0.05) is 24.3 Å². The molecule has 0 aromatic heterocycles. The monoisotopic (exact) mass is 200 g/mol. The lowest BCUT2D eigenvalue weighted by Gasteiger charge is -2.16. The van der Waals surface area contributed by atoms with Crippen LogP contribution in [0.2, 0.25) is 0 Å². The van der Waals surface area contributed by atoms with Gasteiger partial charge < -0.3 is 0 Å². The highest BCUT2D eigenvalue weighted by Gasteiger charge is 2.20. The van der Waals surface area contributed by atoms with Gasteiger partial charge in [0.05, 0.1) is 0 Å². The number of benzene rings is 2. The zero-order chi connectivity index (χ0) is 10.4. The summed E-state index contributed by atoms with van der Waals surface area (Å²) in [6, 6.07) is 8.77. The van der Waals surface area contributed by atoms with Gasteiger partial charge in [0.15, 0.2) is 5.78 Å². The van der Waals surface area contributed by atoms with Crippen molar-refractivity contribution in [2.45, 2.75) is 12.8 Å². The van der Waals surface area contributed by atoms with Gasteiger partial charge in [-0.2, -0.15) is 0 Å². The molecule has 0 spiro atoms. The molecule has 0 saturated carbocycles. The fourth-order valence-corrected chi connectivity index (χ4v) is 2.28. The van der Waals surface area contributed by atoms with Crippen molar-refractivity contribution in [2.24, 2.45) is 0 Å². The number of aryl methyl sites for hydroxylation is 1. The van der Waals surface area contributed by atoms with E-state index in [9.17, 15) is 9.18 Å². The van der Waals surface area contributed by atoms with E-state index in [4.69, 9.17) is 0 Å². The molecule has 1 aliphatic carbocycles. The van der Waals surface area contributed by atoms with E-state index in [2.05, 4.69) is 0 Å². The van der Waals surface area contributed by atoms with Gasteiger partial charge in [0.25, 0.3) is 0 Å². The van der Waals surface area contributed by atoms with Crippen LogP contribution in [0.3, 0.4) is 0 Å². The fraction of sp³-hybridized carbons (Fsp3) is 0.154. The van der Waals surface area contributed by atoms with E-state index in [0.29, 0.717) is 24.0 Å². The zero-order valence-electron chi connectivity index (χ0n) is 8.09. The van der Waals surface area contributed by atoms with Crippen LogP contribution in [0.1, 0.15) is 22.3 Å². The van der Waals surface area contributed by atoms with Crippen LogP contribution < -0.4 is 0 Å². The molecule has 0 bridgehead atoms. The molecule has 0 aliphatic heterocycles. The first-order valence-corrected chi connectivity index (χ1v) is 5.00. The first kappa shape index (κ1) is 8.60. The largest absolute Gasteiger partial charge is 0.294 e. The lowest BCUT2D eigenvalue weighted by molar-refractivity contribution is 0.0981. The van der Waals surface area contributed by atoms with Crippen LogP contribution in [0.15, 0.2) is 30.3 Å². The van der Waals surface area contributed by atoms with Crippen molar-refractivity contribution in [3.8, 4) is 0 Å². The number of ketones is 1. The molecule has 2 aromatic rings. The normalized spacial score (nSPS) is 14.6. The Labute approximate surface area is 86.5 Å². The van der Waals surface area contributed by atoms with Gasteiger partial charge >= 0.3 is 0 Å². The molecule has 2 heteroatoms. The third kappa shape index (κ3) is 1.11. The molecule has 0 saturated heterocycles. The summed E-state index contributed by atoms with van der Waals surface area (Å²) in [5.41, 5.74) is 1.37. The molecular formula is C13H9FO. The molecule has 0 heterocycles. The standard InChI is InChI=1S/C13H9FO/c14-11-6-4-8-2-1-3-10-12(15)7-5-9(11)13(8)10/h1-4,6H,5,7H2. The molecular weight excluding hydrogens is 191 g/mol. The summed E-state index contributed by atoms with van der Waals surface area (Å²) in [6.45, 7) is 0. The molecule has 74 valence electrons. The van der Waals surface area contributed by atoms with Gasteiger partial charge in [-0.15, -0.1) is 0 Å². The van der Waals surface area contributed by atoms with Crippen LogP contribution in [-0.2, 0) is 6.42 Å². The number of halogens is 1. The summed E-state index contributed by atoms with van der Waals surface area (Å²) in [6.07, 6.45) is 0.950. The Kier molecular flexibility index (Phi) is 1.66. The molecule has 0 radical (unpaired) electrons. The lowest BCUT2D eigenvalue weighted by atomic mass is 9.87. The third-order valence-electron chi connectivity index (χ3n) is 3.00. The summed E-state index contributed by atoms with van der Waals surface area (Å²) < 4.78 is 13.5. The van der Waals surface area contributed by atoms with Crippen LogP contribution in [0, 0.1) is 5.82 Å². The van der Waals surface area contributed by atoms with Crippen molar-refractivity contribution in [1.82, 2.24) is 0 Å². The Bertz CT molecular complexity index is 572. The summed E-state index contributed by atoms with van der Waals surface area (Å²) in [5.74, 6) is -0.0684. The van der Waals surface area contributed by atoms with E-state index in [1.807, 2.05) is 12.1 Å². The highest BCUT2D eigenvalue weighted by atomic mass is 19.1. The summed E-state index contributed by atoms with van der Waals surface area (Å²) in [7, 11) is 0. The Morgan fingerprint density at radius 1 is 1.07 bits per heavy atom. The minimum absolute atomic E-state index is 0.124. The third-order valence-corrected chi connectivity index (χ3v) is 3.00. The van der Waals surface area contributed by atoms with Crippen molar-refractivity contribution in [1.29, 1.82) is 0 Å². The molecule has 3 rings (SSSR count). The molecule has 1 nitrogen and oxygen atoms in total. The van der Waals surface area contributed by atoms with E-state index in [1.165, 1.54) is 6.07 Å². The van der Waals surface area contributed by atoms with E-state index < -0.39 is 0 Å². The van der Waals surface area contributed by atoms with Crippen LogP contribution in [0.4, 0.5) is 4.39 Å². The first-order chi connectivity index (χ1) is 7.27. The summed E-state index contributed by atoms with van der Waals surface area (Å²) >= 11 is 0. The second kappa shape index (κ2) is 2.89. The lowest BCUT2D eigenvalue weighted by Crippen LogP contribution is -2.10. The van der Waals surface area contributed by atoms with Crippen LogP contribution in [0.5, 0.6) is 0 Å². The first-order valence-electron chi connectivity index (χ1n) is 5.00. The Balaban J connectivity index is 2.53. The van der Waals surface area contributed by atoms with E-state index >= 15 is 0 Å². The minimum Gasteiger partial charge on any atom is -0.294 e. The average molecular weight is 200 g/mol. The van der Waals surface area contributed by atoms with Gasteiger partial charge in [0, 0.05) is 12.0 Å². The van der Waals surface area contributed by atoms with E-state index in [-0.39, 0.29) is 11.6 Å². The highest BCUT2D eigenvalue weighted by Crippen LogP contribution is 2.31. The van der Waals surface area contributed by atoms with Crippen molar-refractivity contribution >= 4 is 16.6 Å². The topological polar surface area (TPSA) is 17.1 Å². The molecule has 0 N–H and O–H groups in total. The molecule has 0 unspecified atom stereocenters. The predicted molar refractivity (Wildman–Crippen MR) is 56.6 cm³/mol. The number of hydrogen-bond acceptors (Lipinski definition) is 1. The van der Waals surface area contributed by atoms with Crippen molar-refractivity contribution in [2.75, 3.05) is 0 Å². The molecule has 0 fully saturated rings. The number of carbonyl (C=O) groups excluding carboxylic acids is 1. The Hall–Kier alpha value is -1.70. The fourth-order valence-electron chi connectivity index (χ4n) is 2.28. The van der Waals surface area contributed by atoms with Crippen LogP contribution in [0.25, 0.3) is 10.8 Å². The molecule has 1 aliphatic rings. The maximum absolute atomic E-state index is 13.5. The molecule has 15 heavy (non-hydrogen) atoms. The molecule has 2 aromatic carbocycles. The quantitative estimate of drug-likeness (QED) is 0.638. The van der Waals surface area contributed by atoms with Gasteiger partial charge in [-0.25, -0.2) is 4.39 Å². The SMILES string of the molecule is O=C1CCc2c(F)ccc3cccc1c23. The average Bonchev–Trinajstić information content (AvgIpc) is 2.26. The highest BCUT2D eigenvalue weighted by molar-refractivity contribution is 6.11. The maximum atomic E-state index is 13.5. The molecule has 0 atom stereocenters. The molecule has 0 amide bonds. The van der Waals surface area contributed by atoms with Crippen molar-refractivity contribution in [3.05, 3.63) is 47.3 Å². The second-order valence-corrected chi connectivity index (χ2v) is 3.85. The summed E-state index contributed by atoms with van der Waals surface area (Å²) in [4.78, 5) is 11.7. The Morgan fingerprint density at radius 3 is 2.80 bits per heavy atom. The van der Waals surface area contributed by atoms with Crippen molar-refractivity contribution < 1.29 is 9.18 Å². The van der Waals surface area contributed by atoms with E-state index in [1.54, 1.807) is 12.1 Å². The predicted octanol–water partition coefficient (Wildman–Crippen LogP) is 3.11. The van der Waals surface area contributed by atoms with Crippen molar-refractivity contribution in [3.63, 3.8) is 0 Å². The smallest absolute Gasteiger partial charge is 0.163 e.